The van der Waals surface area contributed by atoms with E-state index >= 15 is 0 Å². The molecule has 2 aliphatic heterocycles. The van der Waals surface area contributed by atoms with Crippen molar-refractivity contribution in [2.75, 3.05) is 68.7 Å². The molecular formula is C20H27N7O. The molecule has 2 aromatic rings. The second kappa shape index (κ2) is 8.52. The summed E-state index contributed by atoms with van der Waals surface area (Å²) in [5, 5.41) is 0. The van der Waals surface area contributed by atoms with Gasteiger partial charge in [0.2, 0.25) is 5.95 Å². The second-order valence-corrected chi connectivity index (χ2v) is 7.18. The van der Waals surface area contributed by atoms with Gasteiger partial charge in [0.25, 0.3) is 5.91 Å². The maximum Gasteiger partial charge on any atom is 0.255 e. The van der Waals surface area contributed by atoms with Crippen LogP contribution in [0.4, 0.5) is 11.6 Å². The van der Waals surface area contributed by atoms with E-state index in [1.165, 1.54) is 0 Å². The van der Waals surface area contributed by atoms with Gasteiger partial charge in [0, 0.05) is 70.9 Å². The van der Waals surface area contributed by atoms with E-state index in [0.29, 0.717) is 5.56 Å². The maximum absolute atomic E-state index is 12.9. The van der Waals surface area contributed by atoms with Gasteiger partial charge in [-0.2, -0.15) is 0 Å². The highest BCUT2D eigenvalue weighted by atomic mass is 16.2. The molecule has 0 N–H and O–H groups in total. The minimum Gasteiger partial charge on any atom is -0.367 e. The zero-order chi connectivity index (χ0) is 19.3. The lowest BCUT2D eigenvalue weighted by Gasteiger charge is -2.36. The predicted molar refractivity (Wildman–Crippen MR) is 109 cm³/mol. The molecule has 0 unspecified atom stereocenters. The molecule has 0 aromatic carbocycles. The molecule has 148 valence electrons. The van der Waals surface area contributed by atoms with E-state index in [-0.39, 0.29) is 5.91 Å². The van der Waals surface area contributed by atoms with Crippen LogP contribution in [0, 0.1) is 0 Å². The third kappa shape index (κ3) is 4.06. The van der Waals surface area contributed by atoms with E-state index < -0.39 is 0 Å². The van der Waals surface area contributed by atoms with Crippen molar-refractivity contribution in [1.82, 2.24) is 24.8 Å². The molecule has 2 aromatic heterocycles. The molecule has 0 saturated carbocycles. The summed E-state index contributed by atoms with van der Waals surface area (Å²) in [5.74, 6) is 0.858. The summed E-state index contributed by atoms with van der Waals surface area (Å²) in [6.07, 6.45) is 7.08. The summed E-state index contributed by atoms with van der Waals surface area (Å²) in [6, 6.07) is 3.81. The Morgan fingerprint density at radius 1 is 0.929 bits per heavy atom. The molecule has 28 heavy (non-hydrogen) atoms. The normalized spacial score (nSPS) is 18.4. The third-order valence-corrected chi connectivity index (χ3v) is 5.56. The first-order valence-electron chi connectivity index (χ1n) is 9.98. The van der Waals surface area contributed by atoms with E-state index in [1.54, 1.807) is 18.6 Å². The number of pyridine rings is 1. The number of anilines is 2. The highest BCUT2D eigenvalue weighted by molar-refractivity contribution is 5.94. The molecule has 1 amide bonds. The van der Waals surface area contributed by atoms with Crippen molar-refractivity contribution in [3.8, 4) is 0 Å². The predicted octanol–water partition coefficient (Wildman–Crippen LogP) is 0.976. The van der Waals surface area contributed by atoms with Crippen LogP contribution in [0.2, 0.25) is 0 Å². The van der Waals surface area contributed by atoms with Crippen molar-refractivity contribution in [2.45, 2.75) is 6.92 Å². The fraction of sp³-hybridized carbons (Fsp3) is 0.500. The summed E-state index contributed by atoms with van der Waals surface area (Å²) in [5.41, 5.74) is 1.68. The number of carbonyl (C=O) groups is 1. The van der Waals surface area contributed by atoms with Crippen LogP contribution in [0.5, 0.6) is 0 Å². The minimum atomic E-state index is 0.0847. The van der Waals surface area contributed by atoms with Gasteiger partial charge in [0.15, 0.2) is 0 Å². The van der Waals surface area contributed by atoms with Gasteiger partial charge < -0.3 is 19.6 Å². The summed E-state index contributed by atoms with van der Waals surface area (Å²) in [6.45, 7) is 10.1. The Balaban J connectivity index is 1.38. The fourth-order valence-corrected chi connectivity index (χ4v) is 3.79. The van der Waals surface area contributed by atoms with Crippen LogP contribution in [0.1, 0.15) is 17.3 Å². The molecule has 0 bridgehead atoms. The summed E-state index contributed by atoms with van der Waals surface area (Å²) < 4.78 is 0. The van der Waals surface area contributed by atoms with E-state index in [1.807, 2.05) is 23.2 Å². The van der Waals surface area contributed by atoms with Gasteiger partial charge >= 0.3 is 0 Å². The van der Waals surface area contributed by atoms with Crippen LogP contribution in [-0.4, -0.2) is 89.6 Å². The Labute approximate surface area is 165 Å². The molecule has 2 fully saturated rings. The first-order valence-corrected chi connectivity index (χ1v) is 9.98. The largest absolute Gasteiger partial charge is 0.367 e. The average Bonchev–Trinajstić information content (AvgIpc) is 2.79. The number of likely N-dealkylation sites (N-methyl/N-ethyl adjacent to an activating group) is 1. The molecular weight excluding hydrogens is 354 g/mol. The van der Waals surface area contributed by atoms with Crippen molar-refractivity contribution >= 4 is 17.5 Å². The van der Waals surface area contributed by atoms with Crippen LogP contribution in [0.15, 0.2) is 36.9 Å². The molecule has 4 heterocycles. The lowest BCUT2D eigenvalue weighted by Crippen LogP contribution is -2.48. The molecule has 8 heteroatoms. The molecule has 0 atom stereocenters. The van der Waals surface area contributed by atoms with Gasteiger partial charge in [-0.05, 0) is 18.7 Å². The Morgan fingerprint density at radius 3 is 2.29 bits per heavy atom. The Kier molecular flexibility index (Phi) is 5.66. The van der Waals surface area contributed by atoms with Crippen molar-refractivity contribution in [1.29, 1.82) is 0 Å². The van der Waals surface area contributed by atoms with Gasteiger partial charge in [-0.1, -0.05) is 6.92 Å². The molecule has 0 radical (unpaired) electrons. The number of piperazine rings is 2. The first kappa shape index (κ1) is 18.6. The van der Waals surface area contributed by atoms with Crippen LogP contribution in [0.3, 0.4) is 0 Å². The number of amides is 1. The van der Waals surface area contributed by atoms with Crippen LogP contribution >= 0.6 is 0 Å². The number of carbonyl (C=O) groups excluding carboxylic acids is 1. The number of hydrogen-bond donors (Lipinski definition) is 0. The number of nitrogens with zero attached hydrogens (tertiary/aromatic N) is 7. The molecule has 8 nitrogen and oxygen atoms in total. The first-order chi connectivity index (χ1) is 13.7. The van der Waals surface area contributed by atoms with Gasteiger partial charge in [0.05, 0.1) is 17.4 Å². The fourth-order valence-electron chi connectivity index (χ4n) is 3.79. The quantitative estimate of drug-likeness (QED) is 0.782. The number of aromatic nitrogens is 3. The van der Waals surface area contributed by atoms with Gasteiger partial charge in [-0.25, -0.2) is 9.97 Å². The lowest BCUT2D eigenvalue weighted by molar-refractivity contribution is 0.0643. The zero-order valence-electron chi connectivity index (χ0n) is 16.4. The maximum atomic E-state index is 12.9. The Bertz CT molecular complexity index is 784. The standard InChI is InChI=1S/C20H27N7O/c1-2-24-6-8-26(9-7-24)19(28)17-14-18(16-21-15-17)25-10-12-27(13-11-25)20-22-4-3-5-23-20/h3-5,14-16H,2,6-13H2,1H3. The Morgan fingerprint density at radius 2 is 1.61 bits per heavy atom. The van der Waals surface area contributed by atoms with Crippen molar-refractivity contribution in [3.05, 3.63) is 42.5 Å². The molecule has 0 spiro atoms. The Hall–Kier alpha value is -2.74. The van der Waals surface area contributed by atoms with E-state index in [2.05, 4.69) is 36.6 Å². The van der Waals surface area contributed by atoms with Crippen molar-refractivity contribution in [3.63, 3.8) is 0 Å². The highest BCUT2D eigenvalue weighted by Crippen LogP contribution is 2.19. The van der Waals surface area contributed by atoms with Crippen molar-refractivity contribution < 1.29 is 4.79 Å². The van der Waals surface area contributed by atoms with E-state index in [0.717, 1.165) is 70.5 Å². The third-order valence-electron chi connectivity index (χ3n) is 5.56. The summed E-state index contributed by atoms with van der Waals surface area (Å²) in [7, 11) is 0. The molecule has 2 saturated heterocycles. The minimum absolute atomic E-state index is 0.0847. The number of hydrogen-bond acceptors (Lipinski definition) is 7. The second-order valence-electron chi connectivity index (χ2n) is 7.18. The average molecular weight is 381 g/mol. The summed E-state index contributed by atoms with van der Waals surface area (Å²) >= 11 is 0. The van der Waals surface area contributed by atoms with E-state index in [4.69, 9.17) is 0 Å². The number of rotatable bonds is 4. The monoisotopic (exact) mass is 381 g/mol. The zero-order valence-corrected chi connectivity index (χ0v) is 16.4. The van der Waals surface area contributed by atoms with Crippen LogP contribution in [0.25, 0.3) is 0 Å². The topological polar surface area (TPSA) is 68.7 Å². The molecule has 2 aliphatic rings. The van der Waals surface area contributed by atoms with Crippen LogP contribution in [-0.2, 0) is 0 Å². The SMILES string of the molecule is CCN1CCN(C(=O)c2cncc(N3CCN(c4ncccn4)CC3)c2)CC1. The van der Waals surface area contributed by atoms with Crippen LogP contribution < -0.4 is 9.80 Å². The molecule has 4 rings (SSSR count). The lowest BCUT2D eigenvalue weighted by atomic mass is 10.2. The smallest absolute Gasteiger partial charge is 0.255 e. The van der Waals surface area contributed by atoms with Gasteiger partial charge in [-0.3, -0.25) is 9.78 Å². The molecule has 0 aliphatic carbocycles. The summed E-state index contributed by atoms with van der Waals surface area (Å²) in [4.78, 5) is 34.7. The van der Waals surface area contributed by atoms with Gasteiger partial charge in [-0.15, -0.1) is 0 Å². The van der Waals surface area contributed by atoms with E-state index in [9.17, 15) is 4.79 Å². The van der Waals surface area contributed by atoms with Crippen molar-refractivity contribution in [2.24, 2.45) is 0 Å². The highest BCUT2D eigenvalue weighted by Gasteiger charge is 2.23. The van der Waals surface area contributed by atoms with Gasteiger partial charge in [0.1, 0.15) is 0 Å².